The Balaban J connectivity index is 4.08. The summed E-state index contributed by atoms with van der Waals surface area (Å²) in [5.41, 5.74) is 0.221. The molecular formula is C10H20NO3+. The molecule has 0 heterocycles. The minimum absolute atomic E-state index is 0.155. The van der Waals surface area contributed by atoms with Crippen molar-refractivity contribution in [3.63, 3.8) is 0 Å². The quantitative estimate of drug-likeness (QED) is 0.321. The molecule has 0 saturated carbocycles. The van der Waals surface area contributed by atoms with Gasteiger partial charge >= 0.3 is 5.97 Å². The molecule has 0 fully saturated rings. The number of carbonyl (C=O) groups excluding carboxylic acids is 1. The van der Waals surface area contributed by atoms with E-state index in [9.17, 15) is 4.79 Å². The summed E-state index contributed by atoms with van der Waals surface area (Å²) in [7, 11) is 6.08. The topological polar surface area (TPSA) is 46.5 Å². The Morgan fingerprint density at radius 1 is 1.50 bits per heavy atom. The number of hydrogen-bond donors (Lipinski definition) is 1. The van der Waals surface area contributed by atoms with Gasteiger partial charge in [0.25, 0.3) is 0 Å². The predicted molar refractivity (Wildman–Crippen MR) is 54.8 cm³/mol. The zero-order chi connectivity index (χ0) is 11.4. The van der Waals surface area contributed by atoms with E-state index in [1.165, 1.54) is 6.92 Å². The minimum atomic E-state index is -0.464. The van der Waals surface area contributed by atoms with Crippen molar-refractivity contribution in [3.8, 4) is 0 Å². The van der Waals surface area contributed by atoms with E-state index in [-0.39, 0.29) is 11.7 Å². The van der Waals surface area contributed by atoms with E-state index in [1.807, 2.05) is 28.1 Å². The molecule has 1 N–H and O–H groups in total. The summed E-state index contributed by atoms with van der Waals surface area (Å²) in [5.74, 6) is -0.464. The molecule has 0 aromatic heterocycles. The molecule has 4 heteroatoms. The maximum Gasteiger partial charge on any atom is 0.337 e. The van der Waals surface area contributed by atoms with Gasteiger partial charge in [0.1, 0.15) is 12.6 Å². The maximum absolute atomic E-state index is 11.2. The van der Waals surface area contributed by atoms with Crippen LogP contribution in [0.15, 0.2) is 11.8 Å². The number of hydrogen-bond acceptors (Lipinski definition) is 3. The van der Waals surface area contributed by atoms with Crippen LogP contribution in [0.25, 0.3) is 0 Å². The van der Waals surface area contributed by atoms with Crippen molar-refractivity contribution in [2.24, 2.45) is 0 Å². The van der Waals surface area contributed by atoms with E-state index >= 15 is 0 Å². The van der Waals surface area contributed by atoms with Crippen molar-refractivity contribution in [2.45, 2.75) is 20.0 Å². The third kappa shape index (κ3) is 5.59. The number of rotatable bonds is 4. The fraction of sp³-hybridized carbons (Fsp3) is 0.700. The van der Waals surface area contributed by atoms with Crippen molar-refractivity contribution in [3.05, 3.63) is 11.8 Å². The lowest BCUT2D eigenvalue weighted by Gasteiger charge is -2.27. The molecule has 4 nitrogen and oxygen atoms in total. The number of ether oxygens (including phenoxy) is 1. The third-order valence-corrected chi connectivity index (χ3v) is 1.63. The second-order valence-electron chi connectivity index (χ2n) is 4.50. The molecule has 0 rings (SSSR count). The number of quaternary nitrogens is 1. The minimum Gasteiger partial charge on any atom is -0.515 e. The summed E-state index contributed by atoms with van der Waals surface area (Å²) in [6.07, 6.45) is 0.610. The first-order valence-electron chi connectivity index (χ1n) is 4.58. The van der Waals surface area contributed by atoms with Gasteiger partial charge in [0.2, 0.25) is 0 Å². The highest BCUT2D eigenvalue weighted by Crippen LogP contribution is 2.03. The Labute approximate surface area is 85.4 Å². The Morgan fingerprint density at radius 3 is 2.36 bits per heavy atom. The predicted octanol–water partition coefficient (Wildman–Crippen LogP) is 1.09. The van der Waals surface area contributed by atoms with Crippen molar-refractivity contribution in [1.82, 2.24) is 0 Å². The molecule has 0 aromatic rings. The molecule has 1 atom stereocenters. The van der Waals surface area contributed by atoms with Crippen molar-refractivity contribution in [2.75, 3.05) is 27.7 Å². The number of likely N-dealkylation sites (N-methyl/N-ethyl adjacent to an activating group) is 1. The smallest absolute Gasteiger partial charge is 0.337 e. The Bertz CT molecular complexity index is 228. The van der Waals surface area contributed by atoms with E-state index in [0.29, 0.717) is 0 Å². The zero-order valence-electron chi connectivity index (χ0n) is 9.57. The van der Waals surface area contributed by atoms with Gasteiger partial charge < -0.3 is 14.3 Å². The van der Waals surface area contributed by atoms with Gasteiger partial charge in [-0.15, -0.1) is 0 Å². The number of nitrogens with zero attached hydrogens (tertiary/aromatic N) is 1. The monoisotopic (exact) mass is 202 g/mol. The molecule has 0 radical (unpaired) electrons. The fourth-order valence-electron chi connectivity index (χ4n) is 1.14. The average molecular weight is 202 g/mol. The highest BCUT2D eigenvalue weighted by atomic mass is 16.5. The summed E-state index contributed by atoms with van der Waals surface area (Å²) in [4.78, 5) is 11.2. The molecule has 0 aliphatic rings. The molecule has 1 unspecified atom stereocenters. The van der Waals surface area contributed by atoms with Crippen LogP contribution in [0.1, 0.15) is 13.8 Å². The molecule has 14 heavy (non-hydrogen) atoms. The highest BCUT2D eigenvalue weighted by molar-refractivity contribution is 5.87. The van der Waals surface area contributed by atoms with Crippen molar-refractivity contribution in [1.29, 1.82) is 0 Å². The SMILES string of the molecule is C/C(=C\O)C(=O)OC(C)C[N+](C)(C)C. The van der Waals surface area contributed by atoms with Crippen LogP contribution in [-0.2, 0) is 9.53 Å². The Kier molecular flexibility index (Phi) is 4.63. The van der Waals surface area contributed by atoms with E-state index in [4.69, 9.17) is 9.84 Å². The number of esters is 1. The summed E-state index contributed by atoms with van der Waals surface area (Å²) >= 11 is 0. The highest BCUT2D eigenvalue weighted by Gasteiger charge is 2.18. The molecule has 0 aliphatic carbocycles. The molecule has 0 amide bonds. The maximum atomic E-state index is 11.2. The second-order valence-corrected chi connectivity index (χ2v) is 4.50. The van der Waals surface area contributed by atoms with Gasteiger partial charge in [0.15, 0.2) is 0 Å². The molecular weight excluding hydrogens is 182 g/mol. The molecule has 0 spiro atoms. The van der Waals surface area contributed by atoms with Gasteiger partial charge in [0, 0.05) is 0 Å². The first kappa shape index (κ1) is 13.0. The van der Waals surface area contributed by atoms with E-state index in [2.05, 4.69) is 0 Å². The summed E-state index contributed by atoms with van der Waals surface area (Å²) in [6, 6.07) is 0. The Hall–Kier alpha value is -1.03. The average Bonchev–Trinajstić information content (AvgIpc) is 1.99. The van der Waals surface area contributed by atoms with Gasteiger partial charge in [-0.25, -0.2) is 4.79 Å². The summed E-state index contributed by atoms with van der Waals surface area (Å²) < 4.78 is 5.83. The number of carbonyl (C=O) groups is 1. The first-order valence-corrected chi connectivity index (χ1v) is 4.58. The van der Waals surface area contributed by atoms with Crippen LogP contribution in [0.4, 0.5) is 0 Å². The molecule has 82 valence electrons. The second kappa shape index (κ2) is 5.00. The third-order valence-electron chi connectivity index (χ3n) is 1.63. The normalized spacial score (nSPS) is 15.1. The van der Waals surface area contributed by atoms with E-state index < -0.39 is 5.97 Å². The Morgan fingerprint density at radius 2 is 2.00 bits per heavy atom. The van der Waals surface area contributed by atoms with Gasteiger partial charge in [-0.3, -0.25) is 0 Å². The van der Waals surface area contributed by atoms with Gasteiger partial charge in [0.05, 0.1) is 33.0 Å². The van der Waals surface area contributed by atoms with Gasteiger partial charge in [-0.1, -0.05) is 0 Å². The van der Waals surface area contributed by atoms with Gasteiger partial charge in [-0.2, -0.15) is 0 Å². The van der Waals surface area contributed by atoms with Crippen LogP contribution < -0.4 is 0 Å². The molecule has 0 aromatic carbocycles. The van der Waals surface area contributed by atoms with Crippen LogP contribution in [0.5, 0.6) is 0 Å². The van der Waals surface area contributed by atoms with Gasteiger partial charge in [-0.05, 0) is 13.8 Å². The van der Waals surface area contributed by atoms with Crippen LogP contribution in [-0.4, -0.2) is 49.4 Å². The van der Waals surface area contributed by atoms with E-state index in [0.717, 1.165) is 17.3 Å². The molecule has 0 aliphatic heterocycles. The van der Waals surface area contributed by atoms with Crippen LogP contribution in [0.3, 0.4) is 0 Å². The summed E-state index contributed by atoms with van der Waals surface area (Å²) in [5, 5.41) is 8.58. The fourth-order valence-corrected chi connectivity index (χ4v) is 1.14. The number of aliphatic hydroxyl groups excluding tert-OH is 1. The van der Waals surface area contributed by atoms with Crippen molar-refractivity contribution < 1.29 is 19.1 Å². The lowest BCUT2D eigenvalue weighted by molar-refractivity contribution is -0.873. The lowest BCUT2D eigenvalue weighted by Crippen LogP contribution is -2.42. The van der Waals surface area contributed by atoms with Crippen LogP contribution in [0.2, 0.25) is 0 Å². The van der Waals surface area contributed by atoms with E-state index in [1.54, 1.807) is 0 Å². The van der Waals surface area contributed by atoms with Crippen LogP contribution in [0, 0.1) is 0 Å². The molecule has 0 saturated heterocycles. The molecule has 0 bridgehead atoms. The first-order chi connectivity index (χ1) is 6.26. The number of aliphatic hydroxyl groups is 1. The standard InChI is InChI=1S/C10H19NO3/c1-8(7-12)10(13)14-9(2)6-11(3,4)5/h7,9H,6H2,1-5H3/p+1. The largest absolute Gasteiger partial charge is 0.515 e. The van der Waals surface area contributed by atoms with Crippen molar-refractivity contribution >= 4 is 5.97 Å². The van der Waals surface area contributed by atoms with Crippen LogP contribution >= 0.6 is 0 Å². The summed E-state index contributed by atoms with van der Waals surface area (Å²) in [6.45, 7) is 4.09. The lowest BCUT2D eigenvalue weighted by atomic mass is 10.3. The zero-order valence-corrected chi connectivity index (χ0v) is 9.57.